The van der Waals surface area contributed by atoms with Crippen LogP contribution in [0.4, 0.5) is 0 Å². The molecule has 4 aromatic carbocycles. The predicted octanol–water partition coefficient (Wildman–Crippen LogP) is 10.6. The van der Waals surface area contributed by atoms with Crippen molar-refractivity contribution < 1.29 is 20.4 Å². The van der Waals surface area contributed by atoms with Crippen LogP contribution in [0.5, 0.6) is 23.0 Å². The molecule has 0 bridgehead atoms. The number of phenols is 4. The first-order valence-electron chi connectivity index (χ1n) is 16.1. The third-order valence-corrected chi connectivity index (χ3v) is 8.86. The van der Waals surface area contributed by atoms with E-state index in [-0.39, 0.29) is 16.9 Å². The highest BCUT2D eigenvalue weighted by Gasteiger charge is 2.33. The molecule has 0 spiro atoms. The quantitative estimate of drug-likeness (QED) is 0.190. The van der Waals surface area contributed by atoms with Gasteiger partial charge in [0.15, 0.2) is 0 Å². The molecule has 5 rings (SSSR count). The van der Waals surface area contributed by atoms with Crippen molar-refractivity contribution in [3.63, 3.8) is 0 Å². The summed E-state index contributed by atoms with van der Waals surface area (Å²) in [6, 6.07) is 29.9. The fourth-order valence-electron chi connectivity index (χ4n) is 6.52. The van der Waals surface area contributed by atoms with Crippen molar-refractivity contribution in [3.05, 3.63) is 125 Å². The highest BCUT2D eigenvalue weighted by atomic mass is 16.3. The number of allylic oxidation sites excluding steroid dienone is 1. The first-order valence-corrected chi connectivity index (χ1v) is 16.1. The minimum Gasteiger partial charge on any atom is -0.508 e. The lowest BCUT2D eigenvalue weighted by molar-refractivity contribution is 0.381. The third-order valence-electron chi connectivity index (χ3n) is 8.86. The van der Waals surface area contributed by atoms with Gasteiger partial charge in [-0.2, -0.15) is 0 Å². The monoisotopic (exact) mass is 592 g/mol. The number of aromatic hydroxyl groups is 4. The summed E-state index contributed by atoms with van der Waals surface area (Å²) < 4.78 is 0. The van der Waals surface area contributed by atoms with Gasteiger partial charge >= 0.3 is 0 Å². The van der Waals surface area contributed by atoms with Crippen LogP contribution in [0.25, 0.3) is 5.57 Å². The van der Waals surface area contributed by atoms with Crippen LogP contribution in [-0.2, 0) is 5.41 Å². The van der Waals surface area contributed by atoms with Crippen LogP contribution in [0, 0.1) is 0 Å². The van der Waals surface area contributed by atoms with E-state index in [1.807, 2.05) is 48.5 Å². The summed E-state index contributed by atoms with van der Waals surface area (Å²) in [7, 11) is 0. The zero-order chi connectivity index (χ0) is 31.4. The highest BCUT2D eigenvalue weighted by molar-refractivity contribution is 5.82. The Bertz CT molecular complexity index is 1340. The maximum absolute atomic E-state index is 9.76. The minimum absolute atomic E-state index is 0.0272. The first kappa shape index (κ1) is 32.7. The van der Waals surface area contributed by atoms with E-state index in [1.165, 1.54) is 74.5 Å². The van der Waals surface area contributed by atoms with Crippen LogP contribution in [-0.4, -0.2) is 20.4 Å². The van der Waals surface area contributed by atoms with E-state index in [4.69, 9.17) is 0 Å². The lowest BCUT2D eigenvalue weighted by Crippen LogP contribution is -2.28. The van der Waals surface area contributed by atoms with Gasteiger partial charge in [-0.1, -0.05) is 112 Å². The number of phenolic OH excluding ortho intramolecular Hbond substituents is 4. The highest BCUT2D eigenvalue weighted by Crippen LogP contribution is 2.43. The number of hydrogen-bond donors (Lipinski definition) is 4. The topological polar surface area (TPSA) is 80.9 Å². The van der Waals surface area contributed by atoms with Gasteiger partial charge in [0.2, 0.25) is 0 Å². The van der Waals surface area contributed by atoms with E-state index < -0.39 is 0 Å². The SMILES string of the molecule is CC(C)=C(c1ccc(O)cc1)c1ccc(O)cc1.Oc1ccc(C2(c3ccc(O)cc3)CCCCCCCCCCC2)cc1. The second-order valence-electron chi connectivity index (χ2n) is 12.3. The Morgan fingerprint density at radius 1 is 0.409 bits per heavy atom. The van der Waals surface area contributed by atoms with Crippen LogP contribution in [0.2, 0.25) is 0 Å². The second-order valence-corrected chi connectivity index (χ2v) is 12.3. The molecule has 0 saturated heterocycles. The normalized spacial score (nSPS) is 15.5. The van der Waals surface area contributed by atoms with Crippen molar-refractivity contribution in [2.45, 2.75) is 89.9 Å². The Kier molecular flexibility index (Phi) is 11.9. The first-order chi connectivity index (χ1) is 21.3. The molecule has 0 aromatic heterocycles. The molecule has 4 aromatic rings. The van der Waals surface area contributed by atoms with Gasteiger partial charge in [-0.25, -0.2) is 0 Å². The molecule has 1 aliphatic carbocycles. The van der Waals surface area contributed by atoms with E-state index in [0.29, 0.717) is 11.5 Å². The fraction of sp³-hybridized carbons (Fsp3) is 0.350. The summed E-state index contributed by atoms with van der Waals surface area (Å²) in [4.78, 5) is 0. The van der Waals surface area contributed by atoms with Crippen LogP contribution >= 0.6 is 0 Å². The average molecular weight is 593 g/mol. The van der Waals surface area contributed by atoms with Crippen LogP contribution in [0.15, 0.2) is 103 Å². The summed E-state index contributed by atoms with van der Waals surface area (Å²) in [5, 5.41) is 38.2. The third kappa shape index (κ3) is 8.92. The number of benzene rings is 4. The van der Waals surface area contributed by atoms with Gasteiger partial charge in [0.05, 0.1) is 0 Å². The molecule has 4 heteroatoms. The molecule has 1 aliphatic rings. The molecule has 232 valence electrons. The van der Waals surface area contributed by atoms with Gasteiger partial charge in [-0.3, -0.25) is 0 Å². The summed E-state index contributed by atoms with van der Waals surface area (Å²) >= 11 is 0. The molecule has 4 N–H and O–H groups in total. The summed E-state index contributed by atoms with van der Waals surface area (Å²) in [6.07, 6.45) is 14.1. The van der Waals surface area contributed by atoms with Gasteiger partial charge in [-0.15, -0.1) is 0 Å². The molecule has 1 fully saturated rings. The maximum Gasteiger partial charge on any atom is 0.115 e. The summed E-state index contributed by atoms with van der Waals surface area (Å²) in [5.74, 6) is 1.17. The van der Waals surface area contributed by atoms with Crippen molar-refractivity contribution in [3.8, 4) is 23.0 Å². The average Bonchev–Trinajstić information content (AvgIpc) is 3.01. The lowest BCUT2D eigenvalue weighted by atomic mass is 9.67. The van der Waals surface area contributed by atoms with Crippen molar-refractivity contribution >= 4 is 5.57 Å². The summed E-state index contributed by atoms with van der Waals surface area (Å²) in [6.45, 7) is 4.10. The molecule has 0 amide bonds. The Labute approximate surface area is 263 Å². The van der Waals surface area contributed by atoms with E-state index in [1.54, 1.807) is 24.3 Å². The smallest absolute Gasteiger partial charge is 0.115 e. The van der Waals surface area contributed by atoms with Gasteiger partial charge in [0, 0.05) is 5.41 Å². The van der Waals surface area contributed by atoms with Crippen molar-refractivity contribution in [2.24, 2.45) is 0 Å². The molecule has 0 radical (unpaired) electrons. The molecule has 44 heavy (non-hydrogen) atoms. The van der Waals surface area contributed by atoms with Gasteiger partial charge in [-0.05, 0) is 103 Å². The molecule has 0 unspecified atom stereocenters. The Hall–Kier alpha value is -4.18. The molecule has 0 atom stereocenters. The van der Waals surface area contributed by atoms with E-state index in [2.05, 4.69) is 38.1 Å². The van der Waals surface area contributed by atoms with Crippen molar-refractivity contribution in [1.82, 2.24) is 0 Å². The molecular weight excluding hydrogens is 544 g/mol. The van der Waals surface area contributed by atoms with Gasteiger partial charge in [0.1, 0.15) is 23.0 Å². The number of rotatable bonds is 4. The Balaban J connectivity index is 0.000000215. The molecular formula is C40H48O4. The maximum atomic E-state index is 9.76. The zero-order valence-corrected chi connectivity index (χ0v) is 26.3. The van der Waals surface area contributed by atoms with Gasteiger partial charge < -0.3 is 20.4 Å². The van der Waals surface area contributed by atoms with E-state index >= 15 is 0 Å². The van der Waals surface area contributed by atoms with Crippen LogP contribution in [0.3, 0.4) is 0 Å². The minimum atomic E-state index is -0.0272. The standard InChI is InChI=1S/C24H32O2.C16H16O2/c25-22-14-10-20(11-15-22)24(21-12-16-23(26)17-13-21)18-8-6-4-2-1-3-5-7-9-19-24;1-11(2)16(12-3-7-14(17)8-4-12)13-5-9-15(18)10-6-13/h10-17,25-26H,1-9,18-19H2;3-10,17-18H,1-2H3. The largest absolute Gasteiger partial charge is 0.508 e. The molecule has 0 heterocycles. The van der Waals surface area contributed by atoms with Crippen molar-refractivity contribution in [1.29, 1.82) is 0 Å². The van der Waals surface area contributed by atoms with E-state index in [0.717, 1.165) is 29.5 Å². The Morgan fingerprint density at radius 3 is 0.977 bits per heavy atom. The van der Waals surface area contributed by atoms with E-state index in [9.17, 15) is 20.4 Å². The molecule has 4 nitrogen and oxygen atoms in total. The fourth-order valence-corrected chi connectivity index (χ4v) is 6.52. The van der Waals surface area contributed by atoms with Crippen LogP contribution in [0.1, 0.15) is 107 Å². The molecule has 0 aliphatic heterocycles. The summed E-state index contributed by atoms with van der Waals surface area (Å²) in [5.41, 5.74) is 6.97. The predicted molar refractivity (Wildman–Crippen MR) is 181 cm³/mol. The zero-order valence-electron chi connectivity index (χ0n) is 26.3. The molecule has 1 saturated carbocycles. The Morgan fingerprint density at radius 2 is 0.682 bits per heavy atom. The van der Waals surface area contributed by atoms with Gasteiger partial charge in [0.25, 0.3) is 0 Å². The number of hydrogen-bond acceptors (Lipinski definition) is 4. The van der Waals surface area contributed by atoms with Crippen LogP contribution < -0.4 is 0 Å². The van der Waals surface area contributed by atoms with Crippen molar-refractivity contribution in [2.75, 3.05) is 0 Å². The lowest BCUT2D eigenvalue weighted by Gasteiger charge is -2.36. The second kappa shape index (κ2) is 16.0.